The van der Waals surface area contributed by atoms with Crippen molar-refractivity contribution < 1.29 is 0 Å². The van der Waals surface area contributed by atoms with Crippen LogP contribution in [0.1, 0.15) is 5.01 Å². The molecule has 0 saturated heterocycles. The van der Waals surface area contributed by atoms with E-state index in [1.807, 2.05) is 37.6 Å². The molecule has 15 heavy (non-hydrogen) atoms. The molecule has 0 saturated carbocycles. The highest BCUT2D eigenvalue weighted by Gasteiger charge is 2.04. The van der Waals surface area contributed by atoms with E-state index in [9.17, 15) is 0 Å². The molecule has 0 aliphatic rings. The van der Waals surface area contributed by atoms with Gasteiger partial charge in [0.15, 0.2) is 0 Å². The van der Waals surface area contributed by atoms with Gasteiger partial charge < -0.3 is 5.32 Å². The molecule has 2 aromatic rings. The number of likely N-dealkylation sites (N-methyl/N-ethyl adjacent to an activating group) is 1. The summed E-state index contributed by atoms with van der Waals surface area (Å²) in [5.41, 5.74) is 1.01. The van der Waals surface area contributed by atoms with Crippen molar-refractivity contribution >= 4 is 11.3 Å². The lowest BCUT2D eigenvalue weighted by Gasteiger charge is -1.94. The molecule has 0 radical (unpaired) electrons. The summed E-state index contributed by atoms with van der Waals surface area (Å²) >= 11 is 1.71. The molecule has 0 aliphatic heterocycles. The van der Waals surface area contributed by atoms with Crippen LogP contribution >= 0.6 is 11.3 Å². The van der Waals surface area contributed by atoms with Crippen LogP contribution in [0.2, 0.25) is 0 Å². The summed E-state index contributed by atoms with van der Waals surface area (Å²) in [6.45, 7) is 0.967. The van der Waals surface area contributed by atoms with Gasteiger partial charge in [-0.2, -0.15) is 0 Å². The molecule has 0 spiro atoms. The molecule has 0 fully saturated rings. The summed E-state index contributed by atoms with van der Waals surface area (Å²) in [4.78, 5) is 9.81. The molecule has 2 heterocycles. The summed E-state index contributed by atoms with van der Waals surface area (Å²) in [6, 6.07) is 5.93. The fourth-order valence-electron chi connectivity index (χ4n) is 1.28. The molecule has 0 aliphatic carbocycles. The predicted molar refractivity (Wildman–Crippen MR) is 63.0 cm³/mol. The molecular weight excluding hydrogens is 206 g/mol. The van der Waals surface area contributed by atoms with Gasteiger partial charge in [-0.25, -0.2) is 4.98 Å². The third-order valence-electron chi connectivity index (χ3n) is 2.06. The Kier molecular flexibility index (Phi) is 3.42. The van der Waals surface area contributed by atoms with Crippen molar-refractivity contribution in [3.63, 3.8) is 0 Å². The zero-order valence-corrected chi connectivity index (χ0v) is 9.42. The quantitative estimate of drug-likeness (QED) is 0.854. The molecule has 0 bridgehead atoms. The molecule has 78 valence electrons. The minimum Gasteiger partial charge on any atom is -0.319 e. The largest absolute Gasteiger partial charge is 0.319 e. The van der Waals surface area contributed by atoms with E-state index in [-0.39, 0.29) is 0 Å². The first-order chi connectivity index (χ1) is 7.40. The third kappa shape index (κ3) is 2.61. The Bertz CT molecular complexity index is 411. The lowest BCUT2D eigenvalue weighted by Crippen LogP contribution is -2.09. The van der Waals surface area contributed by atoms with E-state index < -0.39 is 0 Å². The van der Waals surface area contributed by atoms with Crippen molar-refractivity contribution in [2.24, 2.45) is 0 Å². The second kappa shape index (κ2) is 5.00. The van der Waals surface area contributed by atoms with Crippen molar-refractivity contribution in [2.45, 2.75) is 6.42 Å². The Balaban J connectivity index is 2.14. The number of hydrogen-bond acceptors (Lipinski definition) is 4. The van der Waals surface area contributed by atoms with Crippen molar-refractivity contribution in [1.82, 2.24) is 15.3 Å². The highest BCUT2D eigenvalue weighted by Crippen LogP contribution is 2.23. The minimum absolute atomic E-state index is 0.967. The fraction of sp³-hybridized carbons (Fsp3) is 0.273. The maximum atomic E-state index is 4.37. The van der Waals surface area contributed by atoms with Crippen LogP contribution in [0, 0.1) is 0 Å². The van der Waals surface area contributed by atoms with E-state index in [2.05, 4.69) is 15.3 Å². The number of pyridine rings is 1. The topological polar surface area (TPSA) is 37.8 Å². The average Bonchev–Trinajstić information content (AvgIpc) is 2.76. The van der Waals surface area contributed by atoms with E-state index in [1.165, 1.54) is 0 Å². The summed E-state index contributed by atoms with van der Waals surface area (Å²) in [5.74, 6) is 0. The Labute approximate surface area is 93.2 Å². The van der Waals surface area contributed by atoms with Crippen LogP contribution in [0.4, 0.5) is 0 Å². The van der Waals surface area contributed by atoms with Gasteiger partial charge in [0, 0.05) is 25.4 Å². The summed E-state index contributed by atoms with van der Waals surface area (Å²) in [7, 11) is 1.95. The number of aromatic nitrogens is 2. The molecular formula is C11H13N3S. The van der Waals surface area contributed by atoms with Gasteiger partial charge in [-0.1, -0.05) is 6.07 Å². The number of rotatable bonds is 4. The van der Waals surface area contributed by atoms with Gasteiger partial charge in [-0.15, -0.1) is 11.3 Å². The van der Waals surface area contributed by atoms with Crippen LogP contribution < -0.4 is 5.32 Å². The zero-order valence-electron chi connectivity index (χ0n) is 8.60. The van der Waals surface area contributed by atoms with E-state index in [0.717, 1.165) is 28.5 Å². The first-order valence-corrected chi connectivity index (χ1v) is 5.72. The fourth-order valence-corrected chi connectivity index (χ4v) is 2.18. The number of thiazole rings is 1. The molecule has 4 heteroatoms. The van der Waals surface area contributed by atoms with Gasteiger partial charge in [0.25, 0.3) is 0 Å². The SMILES string of the molecule is CNCCc1ncc(-c2ccccn2)s1. The first-order valence-electron chi connectivity index (χ1n) is 4.91. The summed E-state index contributed by atoms with van der Waals surface area (Å²) in [6.07, 6.45) is 4.69. The molecule has 1 N–H and O–H groups in total. The Morgan fingerprint density at radius 2 is 2.27 bits per heavy atom. The molecule has 0 aromatic carbocycles. The molecule has 3 nitrogen and oxygen atoms in total. The van der Waals surface area contributed by atoms with Crippen molar-refractivity contribution in [2.75, 3.05) is 13.6 Å². The summed E-state index contributed by atoms with van der Waals surface area (Å²) in [5, 5.41) is 4.27. The highest BCUT2D eigenvalue weighted by molar-refractivity contribution is 7.15. The normalized spacial score (nSPS) is 10.5. The standard InChI is InChI=1S/C11H13N3S/c1-12-7-5-11-14-8-10(15-11)9-4-2-3-6-13-9/h2-4,6,8,12H,5,7H2,1H3. The van der Waals surface area contributed by atoms with E-state index >= 15 is 0 Å². The van der Waals surface area contributed by atoms with Crippen molar-refractivity contribution in [1.29, 1.82) is 0 Å². The van der Waals surface area contributed by atoms with Crippen LogP contribution in [0.15, 0.2) is 30.6 Å². The van der Waals surface area contributed by atoms with Crippen LogP contribution in [0.3, 0.4) is 0 Å². The van der Waals surface area contributed by atoms with Gasteiger partial charge in [0.05, 0.1) is 15.6 Å². The minimum atomic E-state index is 0.967. The maximum absolute atomic E-state index is 4.37. The number of hydrogen-bond donors (Lipinski definition) is 1. The molecule has 2 rings (SSSR count). The van der Waals surface area contributed by atoms with Crippen LogP contribution in [0.5, 0.6) is 0 Å². The smallest absolute Gasteiger partial charge is 0.0944 e. The van der Waals surface area contributed by atoms with Crippen molar-refractivity contribution in [3.05, 3.63) is 35.6 Å². The Hall–Kier alpha value is -1.26. The van der Waals surface area contributed by atoms with Crippen molar-refractivity contribution in [3.8, 4) is 10.6 Å². The monoisotopic (exact) mass is 219 g/mol. The van der Waals surface area contributed by atoms with E-state index in [0.29, 0.717) is 0 Å². The lowest BCUT2D eigenvalue weighted by molar-refractivity contribution is 0.787. The molecule has 0 amide bonds. The highest BCUT2D eigenvalue weighted by atomic mass is 32.1. The summed E-state index contributed by atoms with van der Waals surface area (Å²) < 4.78 is 0. The van der Waals surface area contributed by atoms with Gasteiger partial charge in [0.2, 0.25) is 0 Å². The van der Waals surface area contributed by atoms with Crippen LogP contribution in [-0.2, 0) is 6.42 Å². The average molecular weight is 219 g/mol. The second-order valence-corrected chi connectivity index (χ2v) is 4.30. The Morgan fingerprint density at radius 1 is 1.33 bits per heavy atom. The van der Waals surface area contributed by atoms with Gasteiger partial charge in [-0.3, -0.25) is 4.98 Å². The van der Waals surface area contributed by atoms with Gasteiger partial charge in [0.1, 0.15) is 0 Å². The predicted octanol–water partition coefficient (Wildman–Crippen LogP) is 1.97. The molecule has 0 unspecified atom stereocenters. The third-order valence-corrected chi connectivity index (χ3v) is 3.14. The number of nitrogens with one attached hydrogen (secondary N) is 1. The van der Waals surface area contributed by atoms with Gasteiger partial charge in [-0.05, 0) is 19.2 Å². The van der Waals surface area contributed by atoms with Crippen LogP contribution in [0.25, 0.3) is 10.6 Å². The lowest BCUT2D eigenvalue weighted by atomic mass is 10.3. The Morgan fingerprint density at radius 3 is 3.00 bits per heavy atom. The van der Waals surface area contributed by atoms with E-state index in [4.69, 9.17) is 0 Å². The molecule has 0 atom stereocenters. The van der Waals surface area contributed by atoms with Gasteiger partial charge >= 0.3 is 0 Å². The molecule has 2 aromatic heterocycles. The first kappa shape index (κ1) is 10.3. The second-order valence-electron chi connectivity index (χ2n) is 3.19. The number of nitrogens with zero attached hydrogens (tertiary/aromatic N) is 2. The maximum Gasteiger partial charge on any atom is 0.0944 e. The van der Waals surface area contributed by atoms with Crippen LogP contribution in [-0.4, -0.2) is 23.6 Å². The van der Waals surface area contributed by atoms with E-state index in [1.54, 1.807) is 11.3 Å². The zero-order chi connectivity index (χ0) is 10.5.